The highest BCUT2D eigenvalue weighted by Gasteiger charge is 2.21. The molecule has 1 aliphatic heterocycles. The van der Waals surface area contributed by atoms with Crippen LogP contribution in [0.15, 0.2) is 30.3 Å². The Kier molecular flexibility index (Phi) is 5.17. The van der Waals surface area contributed by atoms with Crippen molar-refractivity contribution in [2.75, 3.05) is 19.6 Å². The highest BCUT2D eigenvalue weighted by Crippen LogP contribution is 2.22. The summed E-state index contributed by atoms with van der Waals surface area (Å²) in [6.45, 7) is 3.71. The van der Waals surface area contributed by atoms with Gasteiger partial charge in [0.25, 0.3) is 0 Å². The van der Waals surface area contributed by atoms with Crippen LogP contribution < -0.4 is 5.73 Å². The Hall–Kier alpha value is -0.900. The average Bonchev–Trinajstić information content (AvgIpc) is 2.42. The van der Waals surface area contributed by atoms with Gasteiger partial charge in [-0.2, -0.15) is 0 Å². The lowest BCUT2D eigenvalue weighted by Gasteiger charge is -2.32. The monoisotopic (exact) mass is 248 g/mol. The molecule has 100 valence electrons. The van der Waals surface area contributed by atoms with Crippen molar-refractivity contribution >= 4 is 0 Å². The van der Waals surface area contributed by atoms with Crippen molar-refractivity contribution in [2.24, 2.45) is 11.7 Å². The third kappa shape index (κ3) is 4.09. The molecule has 18 heavy (non-hydrogen) atoms. The van der Waals surface area contributed by atoms with Gasteiger partial charge in [0.2, 0.25) is 0 Å². The molecule has 0 radical (unpaired) electrons. The van der Waals surface area contributed by atoms with Crippen LogP contribution in [0.1, 0.15) is 24.8 Å². The molecule has 1 fully saturated rings. The molecule has 1 atom stereocenters. The molecule has 1 aliphatic rings. The predicted molar refractivity (Wildman–Crippen MR) is 74.1 cm³/mol. The zero-order valence-corrected chi connectivity index (χ0v) is 11.0. The minimum atomic E-state index is -0.310. The van der Waals surface area contributed by atoms with Crippen molar-refractivity contribution in [3.8, 4) is 0 Å². The van der Waals surface area contributed by atoms with Gasteiger partial charge in [0.15, 0.2) is 0 Å². The minimum Gasteiger partial charge on any atom is -0.392 e. The zero-order valence-electron chi connectivity index (χ0n) is 11.0. The van der Waals surface area contributed by atoms with E-state index in [9.17, 15) is 5.11 Å². The molecule has 1 heterocycles. The van der Waals surface area contributed by atoms with Crippen LogP contribution in [0.25, 0.3) is 0 Å². The topological polar surface area (TPSA) is 49.5 Å². The fourth-order valence-corrected chi connectivity index (χ4v) is 2.70. The molecule has 3 nitrogen and oxygen atoms in total. The fourth-order valence-electron chi connectivity index (χ4n) is 2.70. The van der Waals surface area contributed by atoms with Gasteiger partial charge in [-0.1, -0.05) is 30.3 Å². The van der Waals surface area contributed by atoms with E-state index >= 15 is 0 Å². The number of rotatable bonds is 5. The van der Waals surface area contributed by atoms with Crippen molar-refractivity contribution in [1.82, 2.24) is 4.90 Å². The first-order valence-corrected chi connectivity index (χ1v) is 6.92. The number of likely N-dealkylation sites (tertiary alicyclic amines) is 1. The Balaban J connectivity index is 1.73. The molecule has 0 amide bonds. The average molecular weight is 248 g/mol. The van der Waals surface area contributed by atoms with Gasteiger partial charge in [0, 0.05) is 13.1 Å². The second-order valence-corrected chi connectivity index (χ2v) is 5.33. The Morgan fingerprint density at radius 1 is 1.22 bits per heavy atom. The van der Waals surface area contributed by atoms with E-state index in [1.165, 1.54) is 18.4 Å². The quantitative estimate of drug-likeness (QED) is 0.832. The SMILES string of the molecule is NCC(O)CC1CCN(Cc2ccccc2)CC1. The largest absolute Gasteiger partial charge is 0.392 e. The number of benzene rings is 1. The molecule has 1 aromatic carbocycles. The van der Waals surface area contributed by atoms with Gasteiger partial charge in [-0.25, -0.2) is 0 Å². The first-order chi connectivity index (χ1) is 8.78. The summed E-state index contributed by atoms with van der Waals surface area (Å²) >= 11 is 0. The smallest absolute Gasteiger partial charge is 0.0665 e. The fraction of sp³-hybridized carbons (Fsp3) is 0.600. The predicted octanol–water partition coefficient (Wildman–Crippen LogP) is 1.61. The van der Waals surface area contributed by atoms with Gasteiger partial charge in [-0.15, -0.1) is 0 Å². The van der Waals surface area contributed by atoms with E-state index in [4.69, 9.17) is 5.73 Å². The van der Waals surface area contributed by atoms with E-state index in [0.29, 0.717) is 12.5 Å². The summed E-state index contributed by atoms with van der Waals surface area (Å²) in [6, 6.07) is 10.6. The summed E-state index contributed by atoms with van der Waals surface area (Å²) in [6.07, 6.45) is 2.93. The zero-order chi connectivity index (χ0) is 12.8. The molecule has 0 spiro atoms. The Morgan fingerprint density at radius 2 is 1.89 bits per heavy atom. The number of piperidine rings is 1. The van der Waals surface area contributed by atoms with Crippen LogP contribution in [0.4, 0.5) is 0 Å². The van der Waals surface area contributed by atoms with Crippen molar-refractivity contribution < 1.29 is 5.11 Å². The van der Waals surface area contributed by atoms with E-state index in [1.54, 1.807) is 0 Å². The lowest BCUT2D eigenvalue weighted by atomic mass is 9.91. The van der Waals surface area contributed by atoms with E-state index in [-0.39, 0.29) is 6.10 Å². The Morgan fingerprint density at radius 3 is 2.50 bits per heavy atom. The molecule has 1 unspecified atom stereocenters. The summed E-state index contributed by atoms with van der Waals surface area (Å²) < 4.78 is 0. The maximum atomic E-state index is 9.57. The molecule has 0 saturated carbocycles. The molecule has 1 saturated heterocycles. The second-order valence-electron chi connectivity index (χ2n) is 5.33. The third-order valence-corrected chi connectivity index (χ3v) is 3.83. The van der Waals surface area contributed by atoms with Crippen LogP contribution in [-0.2, 0) is 6.54 Å². The molecule has 0 bridgehead atoms. The second kappa shape index (κ2) is 6.88. The Bertz CT molecular complexity index is 334. The van der Waals surface area contributed by atoms with Crippen molar-refractivity contribution in [3.63, 3.8) is 0 Å². The molecular weight excluding hydrogens is 224 g/mol. The molecular formula is C15H24N2O. The number of nitrogens with two attached hydrogens (primary N) is 1. The van der Waals surface area contributed by atoms with Crippen molar-refractivity contribution in [3.05, 3.63) is 35.9 Å². The van der Waals surface area contributed by atoms with Gasteiger partial charge < -0.3 is 10.8 Å². The molecule has 3 N–H and O–H groups in total. The van der Waals surface area contributed by atoms with Crippen molar-refractivity contribution in [2.45, 2.75) is 31.9 Å². The highest BCUT2D eigenvalue weighted by molar-refractivity contribution is 5.14. The molecule has 3 heteroatoms. The van der Waals surface area contributed by atoms with Crippen LogP contribution in [0.5, 0.6) is 0 Å². The van der Waals surface area contributed by atoms with Crippen LogP contribution in [0.2, 0.25) is 0 Å². The van der Waals surface area contributed by atoms with E-state index in [0.717, 1.165) is 26.1 Å². The van der Waals surface area contributed by atoms with Gasteiger partial charge in [-0.3, -0.25) is 4.90 Å². The first-order valence-electron chi connectivity index (χ1n) is 6.92. The van der Waals surface area contributed by atoms with E-state index < -0.39 is 0 Å². The van der Waals surface area contributed by atoms with Crippen LogP contribution in [0.3, 0.4) is 0 Å². The van der Waals surface area contributed by atoms with E-state index in [2.05, 4.69) is 35.2 Å². The molecule has 2 rings (SSSR count). The number of hydrogen-bond acceptors (Lipinski definition) is 3. The van der Waals surface area contributed by atoms with Crippen LogP contribution >= 0.6 is 0 Å². The van der Waals surface area contributed by atoms with Crippen LogP contribution in [-0.4, -0.2) is 35.7 Å². The van der Waals surface area contributed by atoms with Crippen molar-refractivity contribution in [1.29, 1.82) is 0 Å². The number of aliphatic hydroxyl groups excluding tert-OH is 1. The summed E-state index contributed by atoms with van der Waals surface area (Å²) in [5.74, 6) is 0.649. The van der Waals surface area contributed by atoms with Gasteiger partial charge >= 0.3 is 0 Å². The summed E-state index contributed by atoms with van der Waals surface area (Å²) in [5, 5.41) is 9.57. The first kappa shape index (κ1) is 13.5. The molecule has 0 aromatic heterocycles. The number of hydrogen-bond donors (Lipinski definition) is 2. The van der Waals surface area contributed by atoms with Gasteiger partial charge in [0.1, 0.15) is 0 Å². The summed E-state index contributed by atoms with van der Waals surface area (Å²) in [7, 11) is 0. The summed E-state index contributed by atoms with van der Waals surface area (Å²) in [5.41, 5.74) is 6.85. The Labute approximate surface area is 110 Å². The number of aliphatic hydroxyl groups is 1. The third-order valence-electron chi connectivity index (χ3n) is 3.83. The standard InChI is InChI=1S/C15H24N2O/c16-11-15(18)10-13-6-8-17(9-7-13)12-14-4-2-1-3-5-14/h1-5,13,15,18H,6-12,16H2. The maximum absolute atomic E-state index is 9.57. The highest BCUT2D eigenvalue weighted by atomic mass is 16.3. The lowest BCUT2D eigenvalue weighted by molar-refractivity contribution is 0.110. The molecule has 0 aliphatic carbocycles. The maximum Gasteiger partial charge on any atom is 0.0665 e. The minimum absolute atomic E-state index is 0.310. The lowest BCUT2D eigenvalue weighted by Crippen LogP contribution is -2.35. The number of nitrogens with zero attached hydrogens (tertiary/aromatic N) is 1. The van der Waals surface area contributed by atoms with Gasteiger partial charge in [-0.05, 0) is 43.8 Å². The van der Waals surface area contributed by atoms with E-state index in [1.807, 2.05) is 0 Å². The van der Waals surface area contributed by atoms with Gasteiger partial charge in [0.05, 0.1) is 6.10 Å². The molecule has 1 aromatic rings. The normalized spacial score (nSPS) is 19.9. The summed E-state index contributed by atoms with van der Waals surface area (Å²) in [4.78, 5) is 2.50. The van der Waals surface area contributed by atoms with Crippen LogP contribution in [0, 0.1) is 5.92 Å².